The molecule has 8 nitrogen and oxygen atoms in total. The molecule has 0 saturated carbocycles. The summed E-state index contributed by atoms with van der Waals surface area (Å²) in [6, 6.07) is 6.46. The van der Waals surface area contributed by atoms with Crippen LogP contribution in [0.5, 0.6) is 0 Å². The molecule has 0 fully saturated rings. The first kappa shape index (κ1) is 25.3. The zero-order valence-corrected chi connectivity index (χ0v) is 19.0. The number of ether oxygens (including phenoxy) is 3. The number of nitrogens with one attached hydrogen (secondary N) is 2. The van der Waals surface area contributed by atoms with Crippen LogP contribution in [0.15, 0.2) is 24.3 Å². The van der Waals surface area contributed by atoms with Crippen LogP contribution >= 0.6 is 0 Å². The van der Waals surface area contributed by atoms with Crippen molar-refractivity contribution >= 4 is 18.2 Å². The number of esters is 1. The molecule has 30 heavy (non-hydrogen) atoms. The standard InChI is InChI=1S/C22H34N2O6/c1-8-28-18(25)17(24-20(27)30-22(5,6)7)13-15-9-11-16(12-10-15)14-23-19(26)29-21(2,3)4/h9-12,17H,8,13-14H2,1-7H3,(H,23,26)(H,24,27). The molecular weight excluding hydrogens is 388 g/mol. The van der Waals surface area contributed by atoms with Crippen LogP contribution < -0.4 is 10.6 Å². The maximum Gasteiger partial charge on any atom is 0.408 e. The van der Waals surface area contributed by atoms with Crippen molar-refractivity contribution in [2.24, 2.45) is 0 Å². The summed E-state index contributed by atoms with van der Waals surface area (Å²) in [6.45, 7) is 12.9. The molecule has 1 aromatic rings. The van der Waals surface area contributed by atoms with Gasteiger partial charge >= 0.3 is 18.2 Å². The van der Waals surface area contributed by atoms with Crippen LogP contribution in [-0.4, -0.2) is 42.0 Å². The van der Waals surface area contributed by atoms with Gasteiger partial charge in [0.25, 0.3) is 0 Å². The Kier molecular flexibility index (Phi) is 9.14. The van der Waals surface area contributed by atoms with Crippen LogP contribution in [0.4, 0.5) is 9.59 Å². The fourth-order valence-corrected chi connectivity index (χ4v) is 2.40. The molecule has 0 heterocycles. The monoisotopic (exact) mass is 422 g/mol. The Morgan fingerprint density at radius 3 is 1.87 bits per heavy atom. The van der Waals surface area contributed by atoms with Crippen molar-refractivity contribution in [1.29, 1.82) is 0 Å². The van der Waals surface area contributed by atoms with Crippen LogP contribution in [0, 0.1) is 0 Å². The van der Waals surface area contributed by atoms with E-state index >= 15 is 0 Å². The van der Waals surface area contributed by atoms with E-state index in [1.54, 1.807) is 48.5 Å². The number of benzene rings is 1. The molecule has 0 aromatic heterocycles. The zero-order valence-electron chi connectivity index (χ0n) is 19.0. The van der Waals surface area contributed by atoms with Gasteiger partial charge in [0.05, 0.1) is 6.61 Å². The smallest absolute Gasteiger partial charge is 0.408 e. The predicted octanol–water partition coefficient (Wildman–Crippen LogP) is 3.71. The molecule has 8 heteroatoms. The number of hydrogen-bond donors (Lipinski definition) is 2. The summed E-state index contributed by atoms with van der Waals surface area (Å²) in [4.78, 5) is 36.1. The fraction of sp³-hybridized carbons (Fsp3) is 0.591. The van der Waals surface area contributed by atoms with Crippen molar-refractivity contribution in [2.45, 2.75) is 78.7 Å². The van der Waals surface area contributed by atoms with E-state index < -0.39 is 35.4 Å². The van der Waals surface area contributed by atoms with Crippen molar-refractivity contribution in [3.05, 3.63) is 35.4 Å². The second-order valence-corrected chi connectivity index (χ2v) is 8.83. The lowest BCUT2D eigenvalue weighted by Gasteiger charge is -2.23. The third-order valence-electron chi connectivity index (χ3n) is 3.56. The molecule has 0 spiro atoms. The maximum atomic E-state index is 12.3. The maximum absolute atomic E-state index is 12.3. The highest BCUT2D eigenvalue weighted by molar-refractivity contribution is 5.81. The number of alkyl carbamates (subject to hydrolysis) is 2. The molecule has 1 atom stereocenters. The first-order valence-corrected chi connectivity index (χ1v) is 10.00. The van der Waals surface area contributed by atoms with Crippen LogP contribution in [0.25, 0.3) is 0 Å². The third-order valence-corrected chi connectivity index (χ3v) is 3.56. The Bertz CT molecular complexity index is 717. The lowest BCUT2D eigenvalue weighted by atomic mass is 10.0. The highest BCUT2D eigenvalue weighted by atomic mass is 16.6. The van der Waals surface area contributed by atoms with Crippen LogP contribution in [0.3, 0.4) is 0 Å². The van der Waals surface area contributed by atoms with Gasteiger partial charge in [0.2, 0.25) is 0 Å². The minimum absolute atomic E-state index is 0.209. The molecule has 0 bridgehead atoms. The molecule has 0 aliphatic rings. The summed E-state index contributed by atoms with van der Waals surface area (Å²) in [5.41, 5.74) is 0.464. The fourth-order valence-electron chi connectivity index (χ4n) is 2.40. The Morgan fingerprint density at radius 1 is 0.867 bits per heavy atom. The van der Waals surface area contributed by atoms with Crippen molar-refractivity contribution in [1.82, 2.24) is 10.6 Å². The molecule has 1 unspecified atom stereocenters. The molecular formula is C22H34N2O6. The van der Waals surface area contributed by atoms with E-state index in [-0.39, 0.29) is 13.0 Å². The average Bonchev–Trinajstić information content (AvgIpc) is 2.57. The summed E-state index contributed by atoms with van der Waals surface area (Å²) >= 11 is 0. The Morgan fingerprint density at radius 2 is 1.37 bits per heavy atom. The summed E-state index contributed by atoms with van der Waals surface area (Å²) < 4.78 is 15.5. The molecule has 2 N–H and O–H groups in total. The SMILES string of the molecule is CCOC(=O)C(Cc1ccc(CNC(=O)OC(C)(C)C)cc1)NC(=O)OC(C)(C)C. The van der Waals surface area contributed by atoms with Crippen molar-refractivity contribution < 1.29 is 28.6 Å². The Labute approximate surface area is 178 Å². The second-order valence-electron chi connectivity index (χ2n) is 8.83. The normalized spacial score (nSPS) is 12.5. The van der Waals surface area contributed by atoms with E-state index in [0.29, 0.717) is 6.54 Å². The van der Waals surface area contributed by atoms with Crippen molar-refractivity contribution in [2.75, 3.05) is 6.61 Å². The lowest BCUT2D eigenvalue weighted by molar-refractivity contribution is -0.145. The summed E-state index contributed by atoms with van der Waals surface area (Å²) in [7, 11) is 0. The van der Waals surface area contributed by atoms with Crippen LogP contribution in [0.2, 0.25) is 0 Å². The van der Waals surface area contributed by atoms with E-state index in [4.69, 9.17) is 14.2 Å². The molecule has 0 aliphatic carbocycles. The summed E-state index contributed by atoms with van der Waals surface area (Å²) in [5, 5.41) is 5.26. The van der Waals surface area contributed by atoms with E-state index in [9.17, 15) is 14.4 Å². The van der Waals surface area contributed by atoms with E-state index in [2.05, 4.69) is 10.6 Å². The van der Waals surface area contributed by atoms with Crippen molar-refractivity contribution in [3.8, 4) is 0 Å². The highest BCUT2D eigenvalue weighted by Gasteiger charge is 2.25. The number of rotatable bonds is 7. The van der Waals surface area contributed by atoms with Gasteiger partial charge in [-0.1, -0.05) is 24.3 Å². The van der Waals surface area contributed by atoms with E-state index in [0.717, 1.165) is 11.1 Å². The third kappa shape index (κ3) is 10.7. The van der Waals surface area contributed by atoms with Gasteiger partial charge in [-0.15, -0.1) is 0 Å². The number of carbonyl (C=O) groups is 3. The summed E-state index contributed by atoms with van der Waals surface area (Å²) in [6.07, 6.45) is -0.924. The molecule has 1 rings (SSSR count). The number of carbonyl (C=O) groups excluding carboxylic acids is 3. The van der Waals surface area contributed by atoms with Gasteiger partial charge in [-0.25, -0.2) is 14.4 Å². The predicted molar refractivity (Wildman–Crippen MR) is 113 cm³/mol. The quantitative estimate of drug-likeness (QED) is 0.513. The van der Waals surface area contributed by atoms with Gasteiger partial charge in [0, 0.05) is 13.0 Å². The van der Waals surface area contributed by atoms with Gasteiger partial charge in [-0.2, -0.15) is 0 Å². The minimum Gasteiger partial charge on any atom is -0.464 e. The topological polar surface area (TPSA) is 103 Å². The van der Waals surface area contributed by atoms with E-state index in [1.165, 1.54) is 0 Å². The van der Waals surface area contributed by atoms with Crippen LogP contribution in [0.1, 0.15) is 59.6 Å². The Hall–Kier alpha value is -2.77. The zero-order chi connectivity index (χ0) is 22.9. The van der Waals surface area contributed by atoms with Gasteiger partial charge in [0.1, 0.15) is 17.2 Å². The molecule has 1 aromatic carbocycles. The van der Waals surface area contributed by atoms with Gasteiger partial charge in [-0.05, 0) is 59.6 Å². The average molecular weight is 423 g/mol. The highest BCUT2D eigenvalue weighted by Crippen LogP contribution is 2.11. The van der Waals surface area contributed by atoms with Gasteiger partial charge < -0.3 is 24.8 Å². The molecule has 0 radical (unpaired) electrons. The second kappa shape index (κ2) is 10.8. The number of hydrogen-bond acceptors (Lipinski definition) is 6. The van der Waals surface area contributed by atoms with E-state index in [1.807, 2.05) is 24.3 Å². The Balaban J connectivity index is 2.72. The first-order chi connectivity index (χ1) is 13.8. The molecule has 2 amide bonds. The lowest BCUT2D eigenvalue weighted by Crippen LogP contribution is -2.45. The summed E-state index contributed by atoms with van der Waals surface area (Å²) in [5.74, 6) is -0.529. The largest absolute Gasteiger partial charge is 0.464 e. The molecule has 0 saturated heterocycles. The minimum atomic E-state index is -0.870. The van der Waals surface area contributed by atoms with Crippen LogP contribution in [-0.2, 0) is 32.0 Å². The molecule has 168 valence electrons. The molecule has 0 aliphatic heterocycles. The first-order valence-electron chi connectivity index (χ1n) is 10.00. The van der Waals surface area contributed by atoms with Crippen molar-refractivity contribution in [3.63, 3.8) is 0 Å². The van der Waals surface area contributed by atoms with Gasteiger partial charge in [-0.3, -0.25) is 0 Å². The van der Waals surface area contributed by atoms with Gasteiger partial charge in [0.15, 0.2) is 0 Å². The number of amides is 2.